The van der Waals surface area contributed by atoms with Gasteiger partial charge in [0.25, 0.3) is 0 Å². The van der Waals surface area contributed by atoms with Crippen LogP contribution in [0, 0.1) is 0 Å². The minimum atomic E-state index is -0.439. The largest absolute Gasteiger partial charge is 0.388 e. The van der Waals surface area contributed by atoms with E-state index in [1.807, 2.05) is 54.6 Å². The number of hydrogen-bond donors (Lipinski definition) is 2. The summed E-state index contributed by atoms with van der Waals surface area (Å²) in [6, 6.07) is 17.4. The highest BCUT2D eigenvalue weighted by Crippen LogP contribution is 2.19. The third kappa shape index (κ3) is 4.21. The zero-order valence-corrected chi connectivity index (χ0v) is 11.5. The van der Waals surface area contributed by atoms with Crippen molar-refractivity contribution in [2.24, 2.45) is 0 Å². The van der Waals surface area contributed by atoms with Gasteiger partial charge in [-0.15, -0.1) is 0 Å². The van der Waals surface area contributed by atoms with E-state index in [1.165, 1.54) is 6.92 Å². The Morgan fingerprint density at radius 2 is 1.75 bits per heavy atom. The van der Waals surface area contributed by atoms with Crippen LogP contribution < -0.4 is 5.32 Å². The molecule has 0 aliphatic heterocycles. The first-order valence-electron chi connectivity index (χ1n) is 6.74. The molecular formula is C17H19NO2. The number of rotatable bonds is 5. The standard InChI is InChI=1S/C17H19NO2/c1-13(19)18-16-10-7-14(8-11-16)9-12-17(20)15-5-3-2-4-6-15/h2-8,10-11,17,20H,9,12H2,1H3,(H,18,19)/t17-/m1/s1. The first kappa shape index (κ1) is 14.3. The number of aliphatic hydroxyl groups is 1. The number of carbonyl (C=O) groups is 1. The Kier molecular flexibility index (Phi) is 4.91. The van der Waals surface area contributed by atoms with E-state index >= 15 is 0 Å². The zero-order chi connectivity index (χ0) is 14.4. The lowest BCUT2D eigenvalue weighted by Crippen LogP contribution is -2.05. The van der Waals surface area contributed by atoms with E-state index in [-0.39, 0.29) is 5.91 Å². The Morgan fingerprint density at radius 3 is 2.35 bits per heavy atom. The second-order valence-corrected chi connectivity index (χ2v) is 4.84. The monoisotopic (exact) mass is 269 g/mol. The maximum absolute atomic E-state index is 10.9. The number of aliphatic hydroxyl groups excluding tert-OH is 1. The second-order valence-electron chi connectivity index (χ2n) is 4.84. The maximum atomic E-state index is 10.9. The summed E-state index contributed by atoms with van der Waals surface area (Å²) in [5.41, 5.74) is 2.89. The van der Waals surface area contributed by atoms with Gasteiger partial charge in [-0.2, -0.15) is 0 Å². The molecule has 0 aliphatic rings. The number of nitrogens with one attached hydrogen (secondary N) is 1. The predicted octanol–water partition coefficient (Wildman–Crippen LogP) is 3.31. The van der Waals surface area contributed by atoms with Gasteiger partial charge in [-0.05, 0) is 36.1 Å². The Labute approximate surface area is 119 Å². The quantitative estimate of drug-likeness (QED) is 0.875. The van der Waals surface area contributed by atoms with Crippen LogP contribution in [0.5, 0.6) is 0 Å². The fraction of sp³-hybridized carbons (Fsp3) is 0.235. The van der Waals surface area contributed by atoms with Gasteiger partial charge >= 0.3 is 0 Å². The molecule has 2 aromatic carbocycles. The van der Waals surface area contributed by atoms with Crippen molar-refractivity contribution in [2.75, 3.05) is 5.32 Å². The van der Waals surface area contributed by atoms with Crippen LogP contribution in [0.2, 0.25) is 0 Å². The molecule has 2 rings (SSSR count). The summed E-state index contributed by atoms with van der Waals surface area (Å²) in [4.78, 5) is 10.9. The van der Waals surface area contributed by atoms with Crippen molar-refractivity contribution in [3.05, 3.63) is 65.7 Å². The fourth-order valence-electron chi connectivity index (χ4n) is 2.10. The van der Waals surface area contributed by atoms with Gasteiger partial charge in [0.15, 0.2) is 0 Å². The molecule has 0 bridgehead atoms. The summed E-state index contributed by atoms with van der Waals surface area (Å²) >= 11 is 0. The topological polar surface area (TPSA) is 49.3 Å². The lowest BCUT2D eigenvalue weighted by atomic mass is 10.0. The van der Waals surface area contributed by atoms with Crippen molar-refractivity contribution in [1.29, 1.82) is 0 Å². The molecule has 2 N–H and O–H groups in total. The summed E-state index contributed by atoms with van der Waals surface area (Å²) in [7, 11) is 0. The first-order valence-corrected chi connectivity index (χ1v) is 6.74. The Hall–Kier alpha value is -2.13. The van der Waals surface area contributed by atoms with E-state index in [0.717, 1.165) is 23.2 Å². The second kappa shape index (κ2) is 6.87. The summed E-state index contributed by atoms with van der Waals surface area (Å²) in [5, 5.41) is 12.8. The molecule has 1 atom stereocenters. The lowest BCUT2D eigenvalue weighted by Gasteiger charge is -2.11. The summed E-state index contributed by atoms with van der Waals surface area (Å²) in [6.07, 6.45) is 1.05. The van der Waals surface area contributed by atoms with Gasteiger partial charge in [0.2, 0.25) is 5.91 Å². The molecule has 0 aliphatic carbocycles. The summed E-state index contributed by atoms with van der Waals surface area (Å²) in [5.74, 6) is -0.0720. The normalized spacial score (nSPS) is 11.9. The van der Waals surface area contributed by atoms with Crippen LogP contribution in [0.3, 0.4) is 0 Å². The maximum Gasteiger partial charge on any atom is 0.221 e. The SMILES string of the molecule is CC(=O)Nc1ccc(CC[C@@H](O)c2ccccc2)cc1. The Balaban J connectivity index is 1.89. The average molecular weight is 269 g/mol. The van der Waals surface area contributed by atoms with Gasteiger partial charge in [-0.1, -0.05) is 42.5 Å². The lowest BCUT2D eigenvalue weighted by molar-refractivity contribution is -0.114. The number of benzene rings is 2. The molecule has 0 fully saturated rings. The van der Waals surface area contributed by atoms with E-state index in [0.29, 0.717) is 6.42 Å². The van der Waals surface area contributed by atoms with Crippen LogP contribution in [-0.2, 0) is 11.2 Å². The first-order chi connectivity index (χ1) is 9.65. The van der Waals surface area contributed by atoms with Crippen LogP contribution in [-0.4, -0.2) is 11.0 Å². The van der Waals surface area contributed by atoms with E-state index in [1.54, 1.807) is 0 Å². The third-order valence-corrected chi connectivity index (χ3v) is 3.17. The van der Waals surface area contributed by atoms with Gasteiger partial charge < -0.3 is 10.4 Å². The summed E-state index contributed by atoms with van der Waals surface area (Å²) < 4.78 is 0. The fourth-order valence-corrected chi connectivity index (χ4v) is 2.10. The molecule has 20 heavy (non-hydrogen) atoms. The smallest absolute Gasteiger partial charge is 0.221 e. The molecule has 0 unspecified atom stereocenters. The molecule has 0 aromatic heterocycles. The van der Waals surface area contributed by atoms with Gasteiger partial charge in [-0.3, -0.25) is 4.79 Å². The number of hydrogen-bond acceptors (Lipinski definition) is 2. The van der Waals surface area contributed by atoms with Crippen molar-refractivity contribution in [3.8, 4) is 0 Å². The number of aryl methyl sites for hydroxylation is 1. The Morgan fingerprint density at radius 1 is 1.10 bits per heavy atom. The van der Waals surface area contributed by atoms with Gasteiger partial charge in [-0.25, -0.2) is 0 Å². The molecule has 3 heteroatoms. The number of anilines is 1. The zero-order valence-electron chi connectivity index (χ0n) is 11.5. The minimum absolute atomic E-state index is 0.0720. The molecule has 0 saturated carbocycles. The molecule has 0 heterocycles. The predicted molar refractivity (Wildman–Crippen MR) is 80.5 cm³/mol. The minimum Gasteiger partial charge on any atom is -0.388 e. The molecule has 0 spiro atoms. The highest BCUT2D eigenvalue weighted by Gasteiger charge is 2.07. The average Bonchev–Trinajstić information content (AvgIpc) is 2.46. The number of carbonyl (C=O) groups excluding carboxylic acids is 1. The van der Waals surface area contributed by atoms with E-state index in [2.05, 4.69) is 5.32 Å². The number of amides is 1. The van der Waals surface area contributed by atoms with Crippen LogP contribution in [0.1, 0.15) is 30.6 Å². The van der Waals surface area contributed by atoms with E-state index in [4.69, 9.17) is 0 Å². The van der Waals surface area contributed by atoms with E-state index in [9.17, 15) is 9.90 Å². The van der Waals surface area contributed by atoms with Crippen molar-refractivity contribution >= 4 is 11.6 Å². The summed E-state index contributed by atoms with van der Waals surface area (Å²) in [6.45, 7) is 1.49. The van der Waals surface area contributed by atoms with Crippen molar-refractivity contribution in [3.63, 3.8) is 0 Å². The Bertz CT molecular complexity index is 549. The van der Waals surface area contributed by atoms with Crippen molar-refractivity contribution in [1.82, 2.24) is 0 Å². The van der Waals surface area contributed by atoms with Crippen molar-refractivity contribution < 1.29 is 9.90 Å². The molecule has 0 saturated heterocycles. The highest BCUT2D eigenvalue weighted by atomic mass is 16.3. The molecule has 0 radical (unpaired) electrons. The molecule has 2 aromatic rings. The van der Waals surface area contributed by atoms with Crippen molar-refractivity contribution in [2.45, 2.75) is 25.9 Å². The van der Waals surface area contributed by atoms with Crippen LogP contribution in [0.25, 0.3) is 0 Å². The van der Waals surface area contributed by atoms with Crippen LogP contribution in [0.4, 0.5) is 5.69 Å². The molecule has 104 valence electrons. The molecular weight excluding hydrogens is 250 g/mol. The van der Waals surface area contributed by atoms with Gasteiger partial charge in [0, 0.05) is 12.6 Å². The van der Waals surface area contributed by atoms with Crippen LogP contribution in [0.15, 0.2) is 54.6 Å². The van der Waals surface area contributed by atoms with E-state index < -0.39 is 6.10 Å². The molecule has 3 nitrogen and oxygen atoms in total. The van der Waals surface area contributed by atoms with Gasteiger partial charge in [0.05, 0.1) is 6.10 Å². The molecule has 1 amide bonds. The van der Waals surface area contributed by atoms with Crippen LogP contribution >= 0.6 is 0 Å². The van der Waals surface area contributed by atoms with Gasteiger partial charge in [0.1, 0.15) is 0 Å². The highest BCUT2D eigenvalue weighted by molar-refractivity contribution is 5.88. The third-order valence-electron chi connectivity index (χ3n) is 3.17.